The molecule has 0 N–H and O–H groups in total. The van der Waals surface area contributed by atoms with Gasteiger partial charge in [0.25, 0.3) is 5.91 Å². The zero-order valence-corrected chi connectivity index (χ0v) is 18.3. The minimum absolute atomic E-state index is 0.123. The minimum atomic E-state index is -0.123. The number of hydrogen-bond acceptors (Lipinski definition) is 4. The maximum atomic E-state index is 13.5. The molecular formula is C24H18BrN5O. The van der Waals surface area contributed by atoms with Crippen LogP contribution < -0.4 is 4.90 Å². The van der Waals surface area contributed by atoms with Crippen LogP contribution in [0.25, 0.3) is 16.4 Å². The predicted molar refractivity (Wildman–Crippen MR) is 124 cm³/mol. The van der Waals surface area contributed by atoms with E-state index in [2.05, 4.69) is 26.1 Å². The number of benzene rings is 3. The molecule has 0 fully saturated rings. The van der Waals surface area contributed by atoms with Crippen LogP contribution in [0.15, 0.2) is 83.3 Å². The fraction of sp³-hybridized carbons (Fsp3) is 0.0833. The molecule has 0 saturated carbocycles. The van der Waals surface area contributed by atoms with Crippen LogP contribution >= 0.6 is 15.9 Å². The smallest absolute Gasteiger partial charge is 0.258 e. The summed E-state index contributed by atoms with van der Waals surface area (Å²) in [5.41, 5.74) is 2.93. The van der Waals surface area contributed by atoms with Crippen molar-refractivity contribution in [1.82, 2.24) is 19.8 Å². The number of amides is 1. The Morgan fingerprint density at radius 2 is 1.68 bits per heavy atom. The second-order valence-electron chi connectivity index (χ2n) is 7.22. The third-order valence-electron chi connectivity index (χ3n) is 5.20. The van der Waals surface area contributed by atoms with Gasteiger partial charge in [-0.3, -0.25) is 4.79 Å². The van der Waals surface area contributed by atoms with Crippen molar-refractivity contribution in [2.45, 2.75) is 13.5 Å². The third-order valence-corrected chi connectivity index (χ3v) is 5.69. The zero-order chi connectivity index (χ0) is 21.4. The molecule has 5 aromatic rings. The fourth-order valence-corrected chi connectivity index (χ4v) is 4.09. The highest BCUT2D eigenvalue weighted by Crippen LogP contribution is 2.24. The van der Waals surface area contributed by atoms with Crippen molar-refractivity contribution in [3.8, 4) is 0 Å². The van der Waals surface area contributed by atoms with Gasteiger partial charge < -0.3 is 4.90 Å². The van der Waals surface area contributed by atoms with Crippen LogP contribution in [0.1, 0.15) is 21.9 Å². The van der Waals surface area contributed by atoms with Gasteiger partial charge in [0.1, 0.15) is 0 Å². The van der Waals surface area contributed by atoms with Gasteiger partial charge in [-0.1, -0.05) is 64.5 Å². The molecule has 152 valence electrons. The van der Waals surface area contributed by atoms with Gasteiger partial charge >= 0.3 is 0 Å². The number of para-hydroxylation sites is 1. The Morgan fingerprint density at radius 1 is 0.935 bits per heavy atom. The predicted octanol–water partition coefficient (Wildman–Crippen LogP) is 5.20. The summed E-state index contributed by atoms with van der Waals surface area (Å²) < 4.78 is 2.59. The summed E-state index contributed by atoms with van der Waals surface area (Å²) in [6.07, 6.45) is 0. The maximum absolute atomic E-state index is 13.5. The monoisotopic (exact) mass is 471 g/mol. The lowest BCUT2D eigenvalue weighted by Gasteiger charge is -2.22. The zero-order valence-electron chi connectivity index (χ0n) is 16.7. The first-order valence-electron chi connectivity index (χ1n) is 9.84. The van der Waals surface area contributed by atoms with Gasteiger partial charge in [0, 0.05) is 26.5 Å². The second kappa shape index (κ2) is 7.92. The van der Waals surface area contributed by atoms with Gasteiger partial charge in [-0.25, -0.2) is 0 Å². The molecule has 0 unspecified atom stereocenters. The number of carbonyl (C=O) groups excluding carboxylic acids is 1. The Labute approximate surface area is 187 Å². The van der Waals surface area contributed by atoms with E-state index in [0.717, 1.165) is 26.6 Å². The van der Waals surface area contributed by atoms with E-state index < -0.39 is 0 Å². The lowest BCUT2D eigenvalue weighted by atomic mass is 10.1. The van der Waals surface area contributed by atoms with Crippen LogP contribution in [0.2, 0.25) is 0 Å². The Balaban J connectivity index is 1.62. The lowest BCUT2D eigenvalue weighted by molar-refractivity contribution is 0.0984. The number of hydrogen-bond donors (Lipinski definition) is 0. The van der Waals surface area contributed by atoms with Gasteiger partial charge in [-0.05, 0) is 37.3 Å². The van der Waals surface area contributed by atoms with Crippen LogP contribution in [0.5, 0.6) is 0 Å². The van der Waals surface area contributed by atoms with Gasteiger partial charge in [0.15, 0.2) is 11.5 Å². The van der Waals surface area contributed by atoms with Crippen LogP contribution in [0, 0.1) is 6.92 Å². The molecule has 0 aliphatic carbocycles. The third kappa shape index (κ3) is 3.57. The first-order chi connectivity index (χ1) is 15.1. The van der Waals surface area contributed by atoms with Gasteiger partial charge in [-0.2, -0.15) is 9.61 Å². The van der Waals surface area contributed by atoms with Gasteiger partial charge in [0.05, 0.1) is 12.2 Å². The van der Waals surface area contributed by atoms with Crippen molar-refractivity contribution in [1.29, 1.82) is 0 Å². The SMILES string of the molecule is Cc1nn2c(CN(C(=O)c3cccc(Br)c3)c3ccccc3)nnc2c2ccccc12. The van der Waals surface area contributed by atoms with Crippen LogP contribution in [0.4, 0.5) is 5.69 Å². The Kier molecular flexibility index (Phi) is 4.95. The number of carbonyl (C=O) groups is 1. The Bertz CT molecular complexity index is 1410. The Hall–Kier alpha value is -3.58. The fourth-order valence-electron chi connectivity index (χ4n) is 3.69. The summed E-state index contributed by atoms with van der Waals surface area (Å²) in [5.74, 6) is 0.470. The van der Waals surface area contributed by atoms with E-state index in [9.17, 15) is 4.79 Å². The van der Waals surface area contributed by atoms with Crippen LogP contribution in [-0.2, 0) is 6.54 Å². The molecule has 2 heterocycles. The summed E-state index contributed by atoms with van der Waals surface area (Å²) in [4.78, 5) is 15.2. The lowest BCUT2D eigenvalue weighted by Crippen LogP contribution is -2.31. The molecule has 31 heavy (non-hydrogen) atoms. The number of fused-ring (bicyclic) bond motifs is 3. The summed E-state index contributed by atoms with van der Waals surface area (Å²) in [5, 5.41) is 15.5. The summed E-state index contributed by atoms with van der Waals surface area (Å²) >= 11 is 3.45. The quantitative estimate of drug-likeness (QED) is 0.361. The summed E-state index contributed by atoms with van der Waals surface area (Å²) in [7, 11) is 0. The highest BCUT2D eigenvalue weighted by atomic mass is 79.9. The number of aryl methyl sites for hydroxylation is 1. The van der Waals surface area contributed by atoms with Crippen molar-refractivity contribution in [3.63, 3.8) is 0 Å². The van der Waals surface area contributed by atoms with Crippen molar-refractivity contribution < 1.29 is 4.79 Å². The number of halogens is 1. The van der Waals surface area contributed by atoms with E-state index in [4.69, 9.17) is 5.10 Å². The summed E-state index contributed by atoms with van der Waals surface area (Å²) in [6, 6.07) is 24.9. The first-order valence-corrected chi connectivity index (χ1v) is 10.6. The number of aromatic nitrogens is 4. The molecule has 3 aromatic carbocycles. The molecule has 0 spiro atoms. The number of anilines is 1. The normalized spacial score (nSPS) is 11.2. The standard InChI is InChI=1S/C24H18BrN5O/c1-16-20-12-5-6-13-21(20)23-27-26-22(30(23)28-16)15-29(19-10-3-2-4-11-19)24(31)17-8-7-9-18(25)14-17/h2-14H,15H2,1H3. The van der Waals surface area contributed by atoms with E-state index in [0.29, 0.717) is 17.0 Å². The van der Waals surface area contributed by atoms with Gasteiger partial charge in [-0.15, -0.1) is 10.2 Å². The molecule has 0 radical (unpaired) electrons. The number of rotatable bonds is 4. The van der Waals surface area contributed by atoms with Crippen molar-refractivity contribution in [2.24, 2.45) is 0 Å². The molecule has 0 saturated heterocycles. The van der Waals surface area contributed by atoms with Crippen molar-refractivity contribution >= 4 is 43.9 Å². The first kappa shape index (κ1) is 19.4. The highest BCUT2D eigenvalue weighted by molar-refractivity contribution is 9.10. The van der Waals surface area contributed by atoms with Crippen LogP contribution in [0.3, 0.4) is 0 Å². The van der Waals surface area contributed by atoms with E-state index >= 15 is 0 Å². The average Bonchev–Trinajstić information content (AvgIpc) is 3.20. The minimum Gasteiger partial charge on any atom is -0.301 e. The largest absolute Gasteiger partial charge is 0.301 e. The molecule has 0 atom stereocenters. The van der Waals surface area contributed by atoms with Crippen molar-refractivity contribution in [2.75, 3.05) is 4.90 Å². The molecule has 2 aromatic heterocycles. The van der Waals surface area contributed by atoms with E-state index in [1.165, 1.54) is 0 Å². The van der Waals surface area contributed by atoms with E-state index in [1.54, 1.807) is 15.5 Å². The van der Waals surface area contributed by atoms with Crippen molar-refractivity contribution in [3.05, 3.63) is 100 Å². The molecule has 6 nitrogen and oxygen atoms in total. The topological polar surface area (TPSA) is 63.4 Å². The maximum Gasteiger partial charge on any atom is 0.258 e. The molecule has 7 heteroatoms. The molecular weight excluding hydrogens is 454 g/mol. The van der Waals surface area contributed by atoms with E-state index in [1.807, 2.05) is 79.7 Å². The summed E-state index contributed by atoms with van der Waals surface area (Å²) in [6.45, 7) is 2.20. The molecule has 1 amide bonds. The highest BCUT2D eigenvalue weighted by Gasteiger charge is 2.22. The van der Waals surface area contributed by atoms with E-state index in [-0.39, 0.29) is 12.5 Å². The van der Waals surface area contributed by atoms with Crippen LogP contribution in [-0.4, -0.2) is 25.7 Å². The molecule has 5 rings (SSSR count). The van der Waals surface area contributed by atoms with Gasteiger partial charge in [0.2, 0.25) is 0 Å². The second-order valence-corrected chi connectivity index (χ2v) is 8.14. The Morgan fingerprint density at radius 3 is 2.45 bits per heavy atom. The molecule has 0 bridgehead atoms. The molecule has 0 aliphatic heterocycles. The average molecular weight is 472 g/mol. The number of nitrogens with zero attached hydrogens (tertiary/aromatic N) is 5. The molecule has 0 aliphatic rings.